The summed E-state index contributed by atoms with van der Waals surface area (Å²) in [6.45, 7) is 0.558. The third-order valence-corrected chi connectivity index (χ3v) is 4.33. The van der Waals surface area contributed by atoms with Crippen LogP contribution in [0.2, 0.25) is 0 Å². The van der Waals surface area contributed by atoms with Gasteiger partial charge >= 0.3 is 12.1 Å². The highest BCUT2D eigenvalue weighted by atomic mass is 19.4. The van der Waals surface area contributed by atoms with Crippen LogP contribution in [0.3, 0.4) is 0 Å². The number of hydrogen-bond acceptors (Lipinski definition) is 4. The van der Waals surface area contributed by atoms with Gasteiger partial charge in [-0.05, 0) is 37.0 Å². The van der Waals surface area contributed by atoms with Crippen LogP contribution in [0.25, 0.3) is 0 Å². The summed E-state index contributed by atoms with van der Waals surface area (Å²) >= 11 is 0. The van der Waals surface area contributed by atoms with Crippen molar-refractivity contribution in [2.75, 3.05) is 26.4 Å². The van der Waals surface area contributed by atoms with Crippen LogP contribution < -0.4 is 14.8 Å². The Balaban J connectivity index is 1.47. The predicted molar refractivity (Wildman–Crippen MR) is 80.3 cm³/mol. The Morgan fingerprint density at radius 1 is 1.16 bits per heavy atom. The minimum atomic E-state index is -4.83. The first-order valence-electron chi connectivity index (χ1n) is 7.88. The van der Waals surface area contributed by atoms with Gasteiger partial charge < -0.3 is 19.7 Å². The fourth-order valence-electron chi connectivity index (χ4n) is 2.90. The summed E-state index contributed by atoms with van der Waals surface area (Å²) < 4.78 is 47.6. The maximum Gasteiger partial charge on any atom is 0.471 e. The van der Waals surface area contributed by atoms with Crippen LogP contribution in [-0.2, 0) is 4.79 Å². The van der Waals surface area contributed by atoms with Crippen LogP contribution in [0.5, 0.6) is 11.5 Å². The molecule has 2 heterocycles. The molecule has 6 nitrogen and oxygen atoms in total. The van der Waals surface area contributed by atoms with Crippen molar-refractivity contribution in [2.45, 2.75) is 19.0 Å². The molecule has 0 bridgehead atoms. The van der Waals surface area contributed by atoms with Crippen molar-refractivity contribution in [1.29, 1.82) is 0 Å². The van der Waals surface area contributed by atoms with Crippen molar-refractivity contribution >= 4 is 11.8 Å². The zero-order valence-electron chi connectivity index (χ0n) is 13.3. The van der Waals surface area contributed by atoms with E-state index in [1.165, 1.54) is 0 Å². The number of benzene rings is 1. The summed E-state index contributed by atoms with van der Waals surface area (Å²) in [5.41, 5.74) is 0.425. The number of nitrogens with zero attached hydrogens (tertiary/aromatic N) is 1. The zero-order valence-corrected chi connectivity index (χ0v) is 13.3. The van der Waals surface area contributed by atoms with Crippen molar-refractivity contribution in [3.8, 4) is 11.5 Å². The van der Waals surface area contributed by atoms with Gasteiger partial charge in [0.05, 0.1) is 0 Å². The lowest BCUT2D eigenvalue weighted by molar-refractivity contribution is -0.186. The average Bonchev–Trinajstić information content (AvgIpc) is 3.06. The normalized spacial score (nSPS) is 17.5. The third kappa shape index (κ3) is 3.97. The van der Waals surface area contributed by atoms with E-state index < -0.39 is 12.1 Å². The molecular weight excluding hydrogens is 341 g/mol. The second-order valence-corrected chi connectivity index (χ2v) is 6.01. The summed E-state index contributed by atoms with van der Waals surface area (Å²) in [6, 6.07) is 4.86. The Bertz CT molecular complexity index is 670. The van der Waals surface area contributed by atoms with Crippen molar-refractivity contribution in [2.24, 2.45) is 5.92 Å². The second kappa shape index (κ2) is 6.81. The van der Waals surface area contributed by atoms with Gasteiger partial charge in [0.2, 0.25) is 6.79 Å². The standard InChI is InChI=1S/C16H17F3N2O4/c17-16(18,19)15(23)21-5-3-10(4-6-21)8-20-14(22)11-1-2-12-13(7-11)25-9-24-12/h1-2,7,10H,3-6,8-9H2,(H,20,22). The lowest BCUT2D eigenvalue weighted by atomic mass is 9.96. The van der Waals surface area contributed by atoms with E-state index in [1.54, 1.807) is 18.2 Å². The molecule has 1 fully saturated rings. The Hall–Kier alpha value is -2.45. The Morgan fingerprint density at radius 3 is 2.52 bits per heavy atom. The number of fused-ring (bicyclic) bond motifs is 1. The summed E-state index contributed by atoms with van der Waals surface area (Å²) in [6.07, 6.45) is -3.99. The number of carbonyl (C=O) groups excluding carboxylic acids is 2. The number of nitrogens with one attached hydrogen (secondary N) is 1. The number of piperidine rings is 1. The van der Waals surface area contributed by atoms with Crippen LogP contribution in [0.4, 0.5) is 13.2 Å². The van der Waals surface area contributed by atoms with Gasteiger partial charge in [0, 0.05) is 25.2 Å². The van der Waals surface area contributed by atoms with Crippen molar-refractivity contribution < 1.29 is 32.2 Å². The molecule has 3 rings (SSSR count). The number of likely N-dealkylation sites (tertiary alicyclic amines) is 1. The highest BCUT2D eigenvalue weighted by molar-refractivity contribution is 5.94. The van der Waals surface area contributed by atoms with E-state index in [-0.39, 0.29) is 31.7 Å². The average molecular weight is 358 g/mol. The molecule has 0 spiro atoms. The highest BCUT2D eigenvalue weighted by Crippen LogP contribution is 2.32. The molecule has 0 atom stereocenters. The first-order valence-corrected chi connectivity index (χ1v) is 7.88. The van der Waals surface area contributed by atoms with E-state index in [9.17, 15) is 22.8 Å². The second-order valence-electron chi connectivity index (χ2n) is 6.01. The first kappa shape index (κ1) is 17.4. The number of alkyl halides is 3. The maximum absolute atomic E-state index is 12.4. The molecule has 1 N–H and O–H groups in total. The molecule has 9 heteroatoms. The van der Waals surface area contributed by atoms with Gasteiger partial charge in [0.25, 0.3) is 5.91 Å². The van der Waals surface area contributed by atoms with Gasteiger partial charge in [-0.3, -0.25) is 9.59 Å². The largest absolute Gasteiger partial charge is 0.471 e. The topological polar surface area (TPSA) is 67.9 Å². The van der Waals surface area contributed by atoms with E-state index in [0.29, 0.717) is 36.4 Å². The molecule has 0 aromatic heterocycles. The molecule has 1 aromatic carbocycles. The van der Waals surface area contributed by atoms with Gasteiger partial charge in [0.1, 0.15) is 0 Å². The molecule has 136 valence electrons. The summed E-state index contributed by atoms with van der Waals surface area (Å²) in [5.74, 6) is -0.956. The molecule has 2 aliphatic rings. The molecule has 2 amide bonds. The zero-order chi connectivity index (χ0) is 18.0. The van der Waals surface area contributed by atoms with E-state index in [2.05, 4.69) is 5.32 Å². The minimum Gasteiger partial charge on any atom is -0.454 e. The highest BCUT2D eigenvalue weighted by Gasteiger charge is 2.43. The maximum atomic E-state index is 12.4. The fourth-order valence-corrected chi connectivity index (χ4v) is 2.90. The quantitative estimate of drug-likeness (QED) is 0.897. The monoisotopic (exact) mass is 358 g/mol. The van der Waals surface area contributed by atoms with Gasteiger partial charge in [-0.2, -0.15) is 13.2 Å². The molecule has 0 saturated carbocycles. The molecule has 25 heavy (non-hydrogen) atoms. The van der Waals surface area contributed by atoms with Crippen molar-refractivity contribution in [3.63, 3.8) is 0 Å². The number of hydrogen-bond donors (Lipinski definition) is 1. The van der Waals surface area contributed by atoms with Crippen molar-refractivity contribution in [3.05, 3.63) is 23.8 Å². The predicted octanol–water partition coefficient (Wildman–Crippen LogP) is 1.95. The lowest BCUT2D eigenvalue weighted by Gasteiger charge is -2.32. The van der Waals surface area contributed by atoms with E-state index in [1.807, 2.05) is 0 Å². The molecule has 1 aromatic rings. The fraction of sp³-hybridized carbons (Fsp3) is 0.500. The molecule has 0 aliphatic carbocycles. The molecular formula is C16H17F3N2O4. The van der Waals surface area contributed by atoms with E-state index in [4.69, 9.17) is 9.47 Å². The smallest absolute Gasteiger partial charge is 0.454 e. The number of halogens is 3. The van der Waals surface area contributed by atoms with Gasteiger partial charge in [-0.25, -0.2) is 0 Å². The Morgan fingerprint density at radius 2 is 1.84 bits per heavy atom. The molecule has 0 unspecified atom stereocenters. The van der Waals surface area contributed by atoms with Gasteiger partial charge in [0.15, 0.2) is 11.5 Å². The summed E-state index contributed by atoms with van der Waals surface area (Å²) in [4.78, 5) is 24.2. The molecule has 2 aliphatic heterocycles. The number of amides is 2. The van der Waals surface area contributed by atoms with Crippen LogP contribution >= 0.6 is 0 Å². The Labute approximate surface area is 141 Å². The van der Waals surface area contributed by atoms with Gasteiger partial charge in [-0.1, -0.05) is 0 Å². The Kier molecular flexibility index (Phi) is 4.73. The number of rotatable bonds is 3. The van der Waals surface area contributed by atoms with Crippen molar-refractivity contribution in [1.82, 2.24) is 10.2 Å². The van der Waals surface area contributed by atoms with Gasteiger partial charge in [-0.15, -0.1) is 0 Å². The minimum absolute atomic E-state index is 0.0373. The molecule has 0 radical (unpaired) electrons. The van der Waals surface area contributed by atoms with Crippen LogP contribution in [0.1, 0.15) is 23.2 Å². The first-order chi connectivity index (χ1) is 11.8. The summed E-state index contributed by atoms with van der Waals surface area (Å²) in [5, 5.41) is 2.77. The van der Waals surface area contributed by atoms with E-state index in [0.717, 1.165) is 4.90 Å². The van der Waals surface area contributed by atoms with Crippen LogP contribution in [0, 0.1) is 5.92 Å². The summed E-state index contributed by atoms with van der Waals surface area (Å²) in [7, 11) is 0. The van der Waals surface area contributed by atoms with Crippen LogP contribution in [-0.4, -0.2) is 49.3 Å². The van der Waals surface area contributed by atoms with E-state index >= 15 is 0 Å². The third-order valence-electron chi connectivity index (χ3n) is 4.33. The van der Waals surface area contributed by atoms with Crippen LogP contribution in [0.15, 0.2) is 18.2 Å². The number of ether oxygens (including phenoxy) is 2. The lowest BCUT2D eigenvalue weighted by Crippen LogP contribution is -2.46. The SMILES string of the molecule is O=C(NCC1CCN(C(=O)C(F)(F)F)CC1)c1ccc2c(c1)OCO2. The number of carbonyl (C=O) groups is 2. The molecule has 1 saturated heterocycles.